The molecule has 2 fully saturated rings. The second-order valence-electron chi connectivity index (χ2n) is 7.48. The molecule has 158 valence electrons. The number of halogens is 1. The lowest BCUT2D eigenvalue weighted by Crippen LogP contribution is -2.55. The quantitative estimate of drug-likeness (QED) is 0.287. The highest BCUT2D eigenvalue weighted by Crippen LogP contribution is 2.26. The van der Waals surface area contributed by atoms with E-state index in [1.807, 2.05) is 18.1 Å². The molecule has 0 spiro atoms. The van der Waals surface area contributed by atoms with Crippen LogP contribution in [0.3, 0.4) is 0 Å². The van der Waals surface area contributed by atoms with Crippen molar-refractivity contribution in [1.82, 2.24) is 20.0 Å². The van der Waals surface area contributed by atoms with Gasteiger partial charge in [0, 0.05) is 39.9 Å². The van der Waals surface area contributed by atoms with Crippen LogP contribution in [0.25, 0.3) is 0 Å². The lowest BCUT2D eigenvalue weighted by Gasteiger charge is -2.35. The van der Waals surface area contributed by atoms with Crippen molar-refractivity contribution in [3.05, 3.63) is 12.4 Å². The molecule has 2 heterocycles. The number of piperazine rings is 1. The summed E-state index contributed by atoms with van der Waals surface area (Å²) in [5.41, 5.74) is 0.847. The highest BCUT2D eigenvalue weighted by atomic mass is 127. The van der Waals surface area contributed by atoms with E-state index < -0.39 is 0 Å². The molecule has 1 saturated carbocycles. The van der Waals surface area contributed by atoms with Gasteiger partial charge in [-0.05, 0) is 18.8 Å². The number of rotatable bonds is 5. The summed E-state index contributed by atoms with van der Waals surface area (Å²) in [4.78, 5) is 20.7. The highest BCUT2D eigenvalue weighted by molar-refractivity contribution is 14.0. The van der Waals surface area contributed by atoms with Gasteiger partial charge in [0.2, 0.25) is 5.91 Å². The molecule has 1 aliphatic carbocycles. The first-order valence-electron chi connectivity index (χ1n) is 9.94. The van der Waals surface area contributed by atoms with Gasteiger partial charge in [0.05, 0.1) is 24.6 Å². The fourth-order valence-electron chi connectivity index (χ4n) is 3.91. The molecule has 1 aromatic rings. The second kappa shape index (κ2) is 11.0. The third kappa shape index (κ3) is 5.82. The van der Waals surface area contributed by atoms with Crippen molar-refractivity contribution in [1.29, 1.82) is 0 Å². The lowest BCUT2D eigenvalue weighted by atomic mass is 9.88. The molecule has 1 saturated heterocycles. The van der Waals surface area contributed by atoms with Gasteiger partial charge in [0.15, 0.2) is 5.96 Å². The molecule has 0 bridgehead atoms. The number of aliphatic imine (C=N–C) groups is 1. The average Bonchev–Trinajstić information content (AvgIpc) is 3.09. The van der Waals surface area contributed by atoms with Crippen molar-refractivity contribution in [3.63, 3.8) is 0 Å². The Balaban J connectivity index is 0.00000280. The van der Waals surface area contributed by atoms with Crippen LogP contribution in [-0.4, -0.2) is 72.5 Å². The number of amides is 1. The van der Waals surface area contributed by atoms with Gasteiger partial charge in [0.1, 0.15) is 6.54 Å². The van der Waals surface area contributed by atoms with Crippen LogP contribution < -0.4 is 10.2 Å². The molecule has 2 atom stereocenters. The molecule has 3 rings (SSSR count). The van der Waals surface area contributed by atoms with E-state index in [-0.39, 0.29) is 29.9 Å². The van der Waals surface area contributed by atoms with E-state index in [1.54, 1.807) is 22.8 Å². The second-order valence-corrected chi connectivity index (χ2v) is 7.48. The Morgan fingerprint density at radius 1 is 1.36 bits per heavy atom. The number of ether oxygens (including phenoxy) is 1. The first kappa shape index (κ1) is 22.9. The van der Waals surface area contributed by atoms with Crippen LogP contribution in [-0.2, 0) is 16.6 Å². The molecule has 1 N–H and O–H groups in total. The van der Waals surface area contributed by atoms with Crippen LogP contribution in [0.15, 0.2) is 17.4 Å². The van der Waals surface area contributed by atoms with Gasteiger partial charge in [-0.25, -0.2) is 0 Å². The summed E-state index contributed by atoms with van der Waals surface area (Å²) in [5.74, 6) is 1.47. The van der Waals surface area contributed by atoms with Crippen LogP contribution in [0.5, 0.6) is 0 Å². The Labute approximate surface area is 184 Å². The molecule has 2 unspecified atom stereocenters. The number of anilines is 1. The summed E-state index contributed by atoms with van der Waals surface area (Å²) >= 11 is 0. The van der Waals surface area contributed by atoms with Gasteiger partial charge < -0.3 is 19.9 Å². The lowest BCUT2D eigenvalue weighted by molar-refractivity contribution is -0.120. The zero-order valence-electron chi connectivity index (χ0n) is 17.1. The number of nitrogens with one attached hydrogen (secondary N) is 1. The molecule has 1 aromatic heterocycles. The molecule has 28 heavy (non-hydrogen) atoms. The number of aryl methyl sites for hydroxylation is 1. The first-order chi connectivity index (χ1) is 13.1. The van der Waals surface area contributed by atoms with Crippen LogP contribution in [0.4, 0.5) is 5.69 Å². The van der Waals surface area contributed by atoms with Gasteiger partial charge in [-0.15, -0.1) is 24.0 Å². The SMILES string of the molecule is CN=C(NCCOC1CCCCC1C)N1CCN(c2cnn(C)c2)C(=O)C1.I. The zero-order chi connectivity index (χ0) is 19.2. The summed E-state index contributed by atoms with van der Waals surface area (Å²) in [6, 6.07) is 0. The van der Waals surface area contributed by atoms with Gasteiger partial charge in [-0.1, -0.05) is 19.8 Å². The Kier molecular flexibility index (Phi) is 9.00. The molecule has 0 aromatic carbocycles. The minimum absolute atomic E-state index is 0. The summed E-state index contributed by atoms with van der Waals surface area (Å²) in [7, 11) is 3.61. The fraction of sp³-hybridized carbons (Fsp3) is 0.737. The molecule has 2 aliphatic rings. The molecule has 8 nitrogen and oxygen atoms in total. The smallest absolute Gasteiger partial charge is 0.246 e. The number of carbonyl (C=O) groups excluding carboxylic acids is 1. The summed E-state index contributed by atoms with van der Waals surface area (Å²) in [6.07, 6.45) is 9.00. The van der Waals surface area contributed by atoms with Crippen molar-refractivity contribution in [2.24, 2.45) is 18.0 Å². The van der Waals surface area contributed by atoms with Gasteiger partial charge in [0.25, 0.3) is 0 Å². The minimum atomic E-state index is 0. The molecule has 1 aliphatic heterocycles. The number of nitrogens with zero attached hydrogens (tertiary/aromatic N) is 5. The van der Waals surface area contributed by atoms with E-state index in [1.165, 1.54) is 25.7 Å². The number of carbonyl (C=O) groups is 1. The maximum absolute atomic E-state index is 12.5. The Hall–Kier alpha value is -1.36. The number of guanidine groups is 1. The standard InChI is InChI=1S/C19H32N6O2.HI/c1-15-6-4-5-7-17(15)27-11-8-21-19(20-2)24-9-10-25(18(26)14-24)16-12-22-23(3)13-16;/h12-13,15,17H,4-11,14H2,1-3H3,(H,20,21);1H. The van der Waals surface area contributed by atoms with Gasteiger partial charge in [-0.2, -0.15) is 5.10 Å². The molecule has 9 heteroatoms. The summed E-state index contributed by atoms with van der Waals surface area (Å²) in [6.45, 7) is 5.32. The van der Waals surface area contributed by atoms with E-state index in [0.29, 0.717) is 38.3 Å². The van der Waals surface area contributed by atoms with Crippen molar-refractivity contribution >= 4 is 41.5 Å². The number of hydrogen-bond donors (Lipinski definition) is 1. The molecule has 1 amide bonds. The molecular weight excluding hydrogens is 471 g/mol. The Morgan fingerprint density at radius 2 is 2.14 bits per heavy atom. The third-order valence-corrected chi connectivity index (χ3v) is 5.48. The third-order valence-electron chi connectivity index (χ3n) is 5.48. The van der Waals surface area contributed by atoms with Gasteiger partial charge in [-0.3, -0.25) is 14.5 Å². The van der Waals surface area contributed by atoms with Crippen LogP contribution in [0.2, 0.25) is 0 Å². The minimum Gasteiger partial charge on any atom is -0.376 e. The zero-order valence-corrected chi connectivity index (χ0v) is 19.5. The van der Waals surface area contributed by atoms with Crippen LogP contribution in [0.1, 0.15) is 32.6 Å². The average molecular weight is 504 g/mol. The van der Waals surface area contributed by atoms with Gasteiger partial charge >= 0.3 is 0 Å². The van der Waals surface area contributed by atoms with Crippen molar-refractivity contribution in [2.45, 2.75) is 38.7 Å². The van der Waals surface area contributed by atoms with Crippen molar-refractivity contribution < 1.29 is 9.53 Å². The summed E-state index contributed by atoms with van der Waals surface area (Å²) in [5, 5.41) is 7.49. The van der Waals surface area contributed by atoms with Crippen molar-refractivity contribution in [3.8, 4) is 0 Å². The van der Waals surface area contributed by atoms with E-state index in [2.05, 4.69) is 22.3 Å². The largest absolute Gasteiger partial charge is 0.376 e. The fourth-order valence-corrected chi connectivity index (χ4v) is 3.91. The van der Waals surface area contributed by atoms with E-state index in [0.717, 1.165) is 18.2 Å². The van der Waals surface area contributed by atoms with Crippen LogP contribution in [0, 0.1) is 5.92 Å². The Bertz CT molecular complexity index is 665. The number of aromatic nitrogens is 2. The predicted molar refractivity (Wildman–Crippen MR) is 121 cm³/mol. The van der Waals surface area contributed by atoms with E-state index in [4.69, 9.17) is 4.74 Å². The maximum atomic E-state index is 12.5. The predicted octanol–water partition coefficient (Wildman–Crippen LogP) is 1.86. The normalized spacial score (nSPS) is 23.5. The van der Waals surface area contributed by atoms with Crippen LogP contribution >= 0.6 is 24.0 Å². The molecular formula is C19H33IN6O2. The Morgan fingerprint density at radius 3 is 2.79 bits per heavy atom. The monoisotopic (exact) mass is 504 g/mol. The maximum Gasteiger partial charge on any atom is 0.246 e. The van der Waals surface area contributed by atoms with E-state index in [9.17, 15) is 4.79 Å². The first-order valence-corrected chi connectivity index (χ1v) is 9.94. The topological polar surface area (TPSA) is 75.0 Å². The van der Waals surface area contributed by atoms with Crippen molar-refractivity contribution in [2.75, 3.05) is 44.7 Å². The molecule has 0 radical (unpaired) electrons. The summed E-state index contributed by atoms with van der Waals surface area (Å²) < 4.78 is 7.77. The highest BCUT2D eigenvalue weighted by Gasteiger charge is 2.27. The number of hydrogen-bond acceptors (Lipinski definition) is 4. The van der Waals surface area contributed by atoms with E-state index >= 15 is 0 Å².